The Morgan fingerprint density at radius 2 is 2.36 bits per heavy atom. The summed E-state index contributed by atoms with van der Waals surface area (Å²) in [7, 11) is 3.97. The highest BCUT2D eigenvalue weighted by Gasteiger charge is 2.16. The second-order valence-corrected chi connectivity index (χ2v) is 4.70. The van der Waals surface area contributed by atoms with Gasteiger partial charge in [0.2, 0.25) is 0 Å². The van der Waals surface area contributed by atoms with Gasteiger partial charge in [-0.05, 0) is 13.5 Å². The Kier molecular flexibility index (Phi) is 4.41. The van der Waals surface area contributed by atoms with Crippen LogP contribution in [0.15, 0.2) is 11.5 Å². The highest BCUT2D eigenvalue weighted by Crippen LogP contribution is 2.23. The number of rotatable bonds is 5. The third-order valence-electron chi connectivity index (χ3n) is 2.34. The van der Waals surface area contributed by atoms with Gasteiger partial charge in [-0.3, -0.25) is 0 Å². The minimum Gasteiger partial charge on any atom is -0.316 e. The number of nitrogens with one attached hydrogen (secondary N) is 1. The maximum atomic E-state index is 4.05. The molecule has 0 aliphatic carbocycles. The quantitative estimate of drug-likeness (QED) is 0.750. The summed E-state index contributed by atoms with van der Waals surface area (Å²) in [6.07, 6.45) is 2.86. The molecule has 14 heavy (non-hydrogen) atoms. The molecule has 80 valence electrons. The highest BCUT2D eigenvalue weighted by molar-refractivity contribution is 7.99. The summed E-state index contributed by atoms with van der Waals surface area (Å²) in [5.74, 6) is 0. The number of aryl methyl sites for hydroxylation is 1. The van der Waals surface area contributed by atoms with Crippen molar-refractivity contribution in [2.45, 2.75) is 36.7 Å². The molecule has 0 aromatic carbocycles. The first-order valence-electron chi connectivity index (χ1n) is 4.87. The van der Waals surface area contributed by atoms with Crippen LogP contribution in [0.25, 0.3) is 0 Å². The fourth-order valence-corrected chi connectivity index (χ4v) is 2.53. The van der Waals surface area contributed by atoms with Crippen LogP contribution in [0, 0.1) is 0 Å². The van der Waals surface area contributed by atoms with E-state index in [-0.39, 0.29) is 0 Å². The van der Waals surface area contributed by atoms with E-state index in [2.05, 4.69) is 29.4 Å². The second kappa shape index (κ2) is 5.36. The molecule has 0 bridgehead atoms. The Morgan fingerprint density at radius 1 is 1.64 bits per heavy atom. The molecule has 1 aromatic rings. The Hall–Kier alpha value is -0.550. The molecule has 0 aliphatic heterocycles. The lowest BCUT2D eigenvalue weighted by molar-refractivity contribution is 0.540. The zero-order chi connectivity index (χ0) is 10.6. The first kappa shape index (κ1) is 11.5. The number of thioether (sulfide) groups is 1. The Morgan fingerprint density at radius 3 is 2.79 bits per heavy atom. The monoisotopic (exact) mass is 214 g/mol. The van der Waals surface area contributed by atoms with E-state index < -0.39 is 0 Å². The summed E-state index contributed by atoms with van der Waals surface area (Å²) < 4.78 is 1.95. The lowest BCUT2D eigenvalue weighted by Crippen LogP contribution is -2.33. The van der Waals surface area contributed by atoms with Gasteiger partial charge in [0, 0.05) is 18.3 Å². The molecule has 2 unspecified atom stereocenters. The lowest BCUT2D eigenvalue weighted by Gasteiger charge is -2.20. The number of nitrogens with zero attached hydrogens (tertiary/aromatic N) is 3. The molecule has 0 saturated carbocycles. The number of aromatic nitrogens is 3. The predicted molar refractivity (Wildman–Crippen MR) is 59.5 cm³/mol. The van der Waals surface area contributed by atoms with Crippen molar-refractivity contribution in [1.82, 2.24) is 20.1 Å². The Bertz CT molecular complexity index is 270. The summed E-state index contributed by atoms with van der Waals surface area (Å²) >= 11 is 1.76. The molecule has 0 fully saturated rings. The average Bonchev–Trinajstić information content (AvgIpc) is 2.54. The third kappa shape index (κ3) is 2.72. The summed E-state index contributed by atoms with van der Waals surface area (Å²) in [5.41, 5.74) is 0. The van der Waals surface area contributed by atoms with Crippen molar-refractivity contribution in [2.75, 3.05) is 7.05 Å². The van der Waals surface area contributed by atoms with E-state index in [4.69, 9.17) is 0 Å². The van der Waals surface area contributed by atoms with Crippen molar-refractivity contribution in [1.29, 1.82) is 0 Å². The Labute approximate surface area is 89.5 Å². The molecule has 4 nitrogen and oxygen atoms in total. The first-order valence-corrected chi connectivity index (χ1v) is 5.75. The van der Waals surface area contributed by atoms with Crippen LogP contribution in [-0.2, 0) is 7.05 Å². The maximum absolute atomic E-state index is 4.05. The van der Waals surface area contributed by atoms with Crippen LogP contribution in [0.2, 0.25) is 0 Å². The summed E-state index contributed by atoms with van der Waals surface area (Å²) in [6, 6.07) is 0.525. The van der Waals surface area contributed by atoms with Gasteiger partial charge >= 0.3 is 0 Å². The average molecular weight is 214 g/mol. The molecule has 0 aliphatic rings. The van der Waals surface area contributed by atoms with Gasteiger partial charge in [0.1, 0.15) is 6.33 Å². The van der Waals surface area contributed by atoms with Crippen LogP contribution in [-0.4, -0.2) is 33.1 Å². The standard InChI is InChI=1S/C9H18N4S/c1-5-8(10-3)7(2)14-9-12-11-6-13(9)4/h6-8,10H,5H2,1-4H3. The van der Waals surface area contributed by atoms with Gasteiger partial charge in [0.05, 0.1) is 0 Å². The summed E-state index contributed by atoms with van der Waals surface area (Å²) in [6.45, 7) is 4.40. The smallest absolute Gasteiger partial charge is 0.191 e. The zero-order valence-electron chi connectivity index (χ0n) is 9.19. The van der Waals surface area contributed by atoms with E-state index in [1.54, 1.807) is 18.1 Å². The fraction of sp³-hybridized carbons (Fsp3) is 0.778. The zero-order valence-corrected chi connectivity index (χ0v) is 10.0. The van der Waals surface area contributed by atoms with Gasteiger partial charge < -0.3 is 9.88 Å². The molecule has 0 spiro atoms. The highest BCUT2D eigenvalue weighted by atomic mass is 32.2. The largest absolute Gasteiger partial charge is 0.316 e. The van der Waals surface area contributed by atoms with Crippen LogP contribution in [0.5, 0.6) is 0 Å². The molecule has 1 N–H and O–H groups in total. The van der Waals surface area contributed by atoms with Gasteiger partial charge in [0.25, 0.3) is 0 Å². The van der Waals surface area contributed by atoms with Crippen LogP contribution in [0.3, 0.4) is 0 Å². The van der Waals surface area contributed by atoms with Crippen molar-refractivity contribution >= 4 is 11.8 Å². The Balaban J connectivity index is 2.56. The number of hydrogen-bond acceptors (Lipinski definition) is 4. The van der Waals surface area contributed by atoms with Crippen LogP contribution in [0.4, 0.5) is 0 Å². The van der Waals surface area contributed by atoms with E-state index in [0.29, 0.717) is 11.3 Å². The van der Waals surface area contributed by atoms with Gasteiger partial charge in [-0.2, -0.15) is 0 Å². The van der Waals surface area contributed by atoms with Crippen molar-refractivity contribution in [3.63, 3.8) is 0 Å². The molecular weight excluding hydrogens is 196 g/mol. The SMILES string of the molecule is CCC(NC)C(C)Sc1nncn1C. The molecule has 1 heterocycles. The normalized spacial score (nSPS) is 15.4. The topological polar surface area (TPSA) is 42.7 Å². The summed E-state index contributed by atoms with van der Waals surface area (Å²) in [4.78, 5) is 0. The molecule has 2 atom stereocenters. The van der Waals surface area contributed by atoms with Crippen LogP contribution < -0.4 is 5.32 Å². The van der Waals surface area contributed by atoms with Crippen molar-refractivity contribution < 1.29 is 0 Å². The molecule has 0 amide bonds. The maximum Gasteiger partial charge on any atom is 0.191 e. The first-order chi connectivity index (χ1) is 6.69. The van der Waals surface area contributed by atoms with Gasteiger partial charge in [0.15, 0.2) is 5.16 Å². The molecular formula is C9H18N4S. The predicted octanol–water partition coefficient (Wildman–Crippen LogP) is 1.29. The van der Waals surface area contributed by atoms with Crippen LogP contribution >= 0.6 is 11.8 Å². The third-order valence-corrected chi connectivity index (χ3v) is 3.62. The molecule has 0 radical (unpaired) electrons. The summed E-state index contributed by atoms with van der Waals surface area (Å²) in [5, 5.41) is 12.7. The van der Waals surface area contributed by atoms with Gasteiger partial charge in [-0.15, -0.1) is 10.2 Å². The van der Waals surface area contributed by atoms with Crippen molar-refractivity contribution in [3.05, 3.63) is 6.33 Å². The molecule has 5 heteroatoms. The van der Waals surface area contributed by atoms with E-state index in [0.717, 1.165) is 11.6 Å². The van der Waals surface area contributed by atoms with Gasteiger partial charge in [-0.25, -0.2) is 0 Å². The minimum atomic E-state index is 0.507. The molecule has 1 aromatic heterocycles. The van der Waals surface area contributed by atoms with E-state index in [9.17, 15) is 0 Å². The van der Waals surface area contributed by atoms with Gasteiger partial charge in [-0.1, -0.05) is 25.6 Å². The minimum absolute atomic E-state index is 0.507. The molecule has 0 saturated heterocycles. The van der Waals surface area contributed by atoms with Crippen molar-refractivity contribution in [2.24, 2.45) is 7.05 Å². The molecule has 1 rings (SSSR count). The van der Waals surface area contributed by atoms with E-state index in [1.807, 2.05) is 18.7 Å². The van der Waals surface area contributed by atoms with Crippen molar-refractivity contribution in [3.8, 4) is 0 Å². The van der Waals surface area contributed by atoms with E-state index in [1.165, 1.54) is 0 Å². The van der Waals surface area contributed by atoms with Crippen LogP contribution in [0.1, 0.15) is 20.3 Å². The number of hydrogen-bond donors (Lipinski definition) is 1. The van der Waals surface area contributed by atoms with E-state index >= 15 is 0 Å². The fourth-order valence-electron chi connectivity index (χ4n) is 1.40. The lowest BCUT2D eigenvalue weighted by atomic mass is 10.2. The second-order valence-electron chi connectivity index (χ2n) is 3.35.